The lowest BCUT2D eigenvalue weighted by Crippen LogP contribution is -2.59. The fourth-order valence-corrected chi connectivity index (χ4v) is 2.10. The molecular weight excluding hydrogens is 252 g/mol. The third kappa shape index (κ3) is 2.98. The third-order valence-corrected chi connectivity index (χ3v) is 3.21. The summed E-state index contributed by atoms with van der Waals surface area (Å²) in [5.41, 5.74) is 0. The number of phenols is 1. The third-order valence-electron chi connectivity index (χ3n) is 3.21. The summed E-state index contributed by atoms with van der Waals surface area (Å²) in [4.78, 5) is 0. The Bertz CT molecular complexity index is 404. The maximum atomic E-state index is 10.0. The van der Waals surface area contributed by atoms with E-state index in [0.29, 0.717) is 5.75 Å². The SMILES string of the molecule is C[C@H]1OC(CO)[C@H](Oc2ccc(O)cc2)C(O)C1O. The first-order valence-corrected chi connectivity index (χ1v) is 6.11. The number of aromatic hydroxyl groups is 1. The number of aliphatic hydroxyl groups is 3. The van der Waals surface area contributed by atoms with Crippen molar-refractivity contribution in [3.63, 3.8) is 0 Å². The van der Waals surface area contributed by atoms with Crippen LogP contribution in [0.15, 0.2) is 24.3 Å². The molecule has 0 spiro atoms. The summed E-state index contributed by atoms with van der Waals surface area (Å²) in [7, 11) is 0. The number of phenolic OH excluding ortho intramolecular Hbond substituents is 1. The monoisotopic (exact) mass is 270 g/mol. The first-order valence-electron chi connectivity index (χ1n) is 6.11. The van der Waals surface area contributed by atoms with Crippen LogP contribution in [0.25, 0.3) is 0 Å². The highest BCUT2D eigenvalue weighted by atomic mass is 16.6. The largest absolute Gasteiger partial charge is 0.508 e. The molecule has 5 atom stereocenters. The standard InChI is InChI=1S/C13H18O6/c1-7-11(16)12(17)13(10(6-14)18-7)19-9-4-2-8(15)3-5-9/h2-5,7,10-17H,6H2,1H3/t7-,10?,11?,12?,13+/m1/s1. The van der Waals surface area contributed by atoms with Gasteiger partial charge in [-0.1, -0.05) is 0 Å². The van der Waals surface area contributed by atoms with Crippen LogP contribution in [-0.4, -0.2) is 57.6 Å². The second-order valence-corrected chi connectivity index (χ2v) is 4.62. The molecule has 0 amide bonds. The summed E-state index contributed by atoms with van der Waals surface area (Å²) < 4.78 is 10.9. The van der Waals surface area contributed by atoms with Gasteiger partial charge in [0.1, 0.15) is 29.8 Å². The molecule has 1 aromatic rings. The number of hydrogen-bond donors (Lipinski definition) is 4. The van der Waals surface area contributed by atoms with Crippen molar-refractivity contribution in [2.75, 3.05) is 6.61 Å². The predicted molar refractivity (Wildman–Crippen MR) is 66.0 cm³/mol. The highest BCUT2D eigenvalue weighted by Gasteiger charge is 2.43. The molecule has 6 heteroatoms. The van der Waals surface area contributed by atoms with Crippen molar-refractivity contribution in [1.82, 2.24) is 0 Å². The van der Waals surface area contributed by atoms with Crippen LogP contribution in [0.5, 0.6) is 11.5 Å². The second kappa shape index (κ2) is 5.75. The molecule has 3 unspecified atom stereocenters. The van der Waals surface area contributed by atoms with Crippen LogP contribution in [0.1, 0.15) is 6.92 Å². The fraction of sp³-hybridized carbons (Fsp3) is 0.538. The average molecular weight is 270 g/mol. The lowest BCUT2D eigenvalue weighted by Gasteiger charge is -2.40. The molecule has 1 aromatic carbocycles. The Morgan fingerprint density at radius 3 is 2.37 bits per heavy atom. The molecular formula is C13H18O6. The Kier molecular flexibility index (Phi) is 4.26. The van der Waals surface area contributed by atoms with Crippen LogP contribution in [0.2, 0.25) is 0 Å². The van der Waals surface area contributed by atoms with Crippen molar-refractivity contribution in [2.24, 2.45) is 0 Å². The molecule has 1 fully saturated rings. The van der Waals surface area contributed by atoms with Crippen LogP contribution in [0.3, 0.4) is 0 Å². The van der Waals surface area contributed by atoms with Crippen LogP contribution < -0.4 is 4.74 Å². The lowest BCUT2D eigenvalue weighted by atomic mass is 9.96. The fourth-order valence-electron chi connectivity index (χ4n) is 2.10. The van der Waals surface area contributed by atoms with Gasteiger partial charge in [-0.25, -0.2) is 0 Å². The van der Waals surface area contributed by atoms with E-state index >= 15 is 0 Å². The first kappa shape index (κ1) is 14.1. The van der Waals surface area contributed by atoms with Gasteiger partial charge in [0.2, 0.25) is 0 Å². The van der Waals surface area contributed by atoms with Crippen molar-refractivity contribution in [1.29, 1.82) is 0 Å². The highest BCUT2D eigenvalue weighted by Crippen LogP contribution is 2.26. The minimum Gasteiger partial charge on any atom is -0.508 e. The number of hydrogen-bond acceptors (Lipinski definition) is 6. The zero-order valence-electron chi connectivity index (χ0n) is 10.5. The van der Waals surface area contributed by atoms with Crippen LogP contribution in [-0.2, 0) is 4.74 Å². The Morgan fingerprint density at radius 2 is 1.79 bits per heavy atom. The van der Waals surface area contributed by atoms with E-state index < -0.39 is 30.5 Å². The molecule has 106 valence electrons. The van der Waals surface area contributed by atoms with Gasteiger partial charge in [-0.15, -0.1) is 0 Å². The normalized spacial score (nSPS) is 35.1. The number of rotatable bonds is 3. The molecule has 0 aromatic heterocycles. The molecule has 19 heavy (non-hydrogen) atoms. The van der Waals surface area contributed by atoms with E-state index in [0.717, 1.165) is 0 Å². The Morgan fingerprint density at radius 1 is 1.16 bits per heavy atom. The number of ether oxygens (including phenoxy) is 2. The van der Waals surface area contributed by atoms with Gasteiger partial charge >= 0.3 is 0 Å². The Labute approximate surface area is 110 Å². The average Bonchev–Trinajstić information content (AvgIpc) is 2.41. The lowest BCUT2D eigenvalue weighted by molar-refractivity contribution is -0.217. The van der Waals surface area contributed by atoms with Crippen LogP contribution in [0, 0.1) is 0 Å². The Hall–Kier alpha value is -1.34. The summed E-state index contributed by atoms with van der Waals surface area (Å²) in [6.45, 7) is 1.30. The maximum absolute atomic E-state index is 10.0. The van der Waals surface area contributed by atoms with Gasteiger partial charge in [0.15, 0.2) is 6.10 Å². The van der Waals surface area contributed by atoms with Crippen molar-refractivity contribution in [2.45, 2.75) is 37.4 Å². The van der Waals surface area contributed by atoms with Crippen molar-refractivity contribution in [3.8, 4) is 11.5 Å². The minimum atomic E-state index is -1.16. The van der Waals surface area contributed by atoms with Gasteiger partial charge < -0.3 is 29.9 Å². The van der Waals surface area contributed by atoms with Gasteiger partial charge in [0.05, 0.1) is 12.7 Å². The molecule has 0 saturated carbocycles. The molecule has 1 aliphatic heterocycles. The zero-order chi connectivity index (χ0) is 14.0. The number of aliphatic hydroxyl groups excluding tert-OH is 3. The van der Waals surface area contributed by atoms with E-state index in [4.69, 9.17) is 9.47 Å². The van der Waals surface area contributed by atoms with Crippen molar-refractivity contribution >= 4 is 0 Å². The van der Waals surface area contributed by atoms with Crippen molar-refractivity contribution < 1.29 is 29.9 Å². The van der Waals surface area contributed by atoms with E-state index in [1.807, 2.05) is 0 Å². The molecule has 0 bridgehead atoms. The van der Waals surface area contributed by atoms with E-state index in [9.17, 15) is 20.4 Å². The van der Waals surface area contributed by atoms with Gasteiger partial charge in [0, 0.05) is 0 Å². The van der Waals surface area contributed by atoms with Crippen LogP contribution in [0.4, 0.5) is 0 Å². The van der Waals surface area contributed by atoms with Gasteiger partial charge in [-0.05, 0) is 31.2 Å². The van der Waals surface area contributed by atoms with Gasteiger partial charge in [-0.2, -0.15) is 0 Å². The first-order chi connectivity index (χ1) is 9.02. The molecule has 0 aliphatic carbocycles. The van der Waals surface area contributed by atoms with Crippen LogP contribution >= 0.6 is 0 Å². The molecule has 0 radical (unpaired) electrons. The van der Waals surface area contributed by atoms with Gasteiger partial charge in [0.25, 0.3) is 0 Å². The molecule has 1 saturated heterocycles. The van der Waals surface area contributed by atoms with E-state index in [2.05, 4.69) is 0 Å². The maximum Gasteiger partial charge on any atom is 0.155 e. The summed E-state index contributed by atoms with van der Waals surface area (Å²) in [5, 5.41) is 38.2. The Balaban J connectivity index is 2.13. The van der Waals surface area contributed by atoms with E-state index in [-0.39, 0.29) is 12.4 Å². The minimum absolute atomic E-state index is 0.0974. The smallest absolute Gasteiger partial charge is 0.155 e. The summed E-state index contributed by atoms with van der Waals surface area (Å²) >= 11 is 0. The molecule has 1 heterocycles. The van der Waals surface area contributed by atoms with Crippen molar-refractivity contribution in [3.05, 3.63) is 24.3 Å². The highest BCUT2D eigenvalue weighted by molar-refractivity contribution is 5.30. The molecule has 4 N–H and O–H groups in total. The topological polar surface area (TPSA) is 99.4 Å². The molecule has 1 aliphatic rings. The summed E-state index contributed by atoms with van der Waals surface area (Å²) in [6, 6.07) is 5.94. The second-order valence-electron chi connectivity index (χ2n) is 4.62. The summed E-state index contributed by atoms with van der Waals surface area (Å²) in [5.74, 6) is 0.505. The predicted octanol–water partition coefficient (Wildman–Crippen LogP) is -0.359. The zero-order valence-corrected chi connectivity index (χ0v) is 10.5. The van der Waals surface area contributed by atoms with E-state index in [1.54, 1.807) is 6.92 Å². The quantitative estimate of drug-likeness (QED) is 0.598. The molecule has 2 rings (SSSR count). The molecule has 6 nitrogen and oxygen atoms in total. The van der Waals surface area contributed by atoms with Gasteiger partial charge in [-0.3, -0.25) is 0 Å². The summed E-state index contributed by atoms with van der Waals surface area (Å²) in [6.07, 6.45) is -4.41. The number of benzene rings is 1. The van der Waals surface area contributed by atoms with E-state index in [1.165, 1.54) is 24.3 Å².